The molecule has 1 unspecified atom stereocenters. The molecule has 1 aliphatic carbocycles. The Hall–Kier alpha value is -0.680. The molecule has 1 heterocycles. The Bertz CT molecular complexity index is 308. The maximum atomic E-state index is 5.90. The minimum Gasteiger partial charge on any atom is -0.359 e. The van der Waals surface area contributed by atoms with E-state index in [4.69, 9.17) is 5.73 Å². The summed E-state index contributed by atoms with van der Waals surface area (Å²) >= 11 is 1.45. The zero-order valence-corrected chi connectivity index (χ0v) is 9.89. The Morgan fingerprint density at radius 3 is 3.07 bits per heavy atom. The molecule has 0 aromatic carbocycles. The third kappa shape index (κ3) is 3.14. The first-order chi connectivity index (χ1) is 7.29. The van der Waals surface area contributed by atoms with Gasteiger partial charge in [0.05, 0.1) is 0 Å². The Kier molecular flexibility index (Phi) is 3.53. The van der Waals surface area contributed by atoms with Crippen LogP contribution in [0.5, 0.6) is 0 Å². The van der Waals surface area contributed by atoms with E-state index in [2.05, 4.69) is 21.6 Å². The first-order valence-electron chi connectivity index (χ1n) is 5.62. The fourth-order valence-corrected chi connectivity index (χ4v) is 2.16. The highest BCUT2D eigenvalue weighted by atomic mass is 32.1. The summed E-state index contributed by atoms with van der Waals surface area (Å²) in [6.45, 7) is 2.95. The number of aromatic nitrogens is 2. The van der Waals surface area contributed by atoms with E-state index < -0.39 is 0 Å². The lowest BCUT2D eigenvalue weighted by atomic mass is 10.2. The number of nitrogens with one attached hydrogen (secondary N) is 1. The molecule has 1 atom stereocenters. The normalized spacial score (nSPS) is 17.7. The number of anilines is 1. The van der Waals surface area contributed by atoms with E-state index in [0.717, 1.165) is 30.3 Å². The fourth-order valence-electron chi connectivity index (χ4n) is 1.51. The molecule has 1 aromatic rings. The Labute approximate surface area is 94.5 Å². The van der Waals surface area contributed by atoms with Crippen molar-refractivity contribution in [1.82, 2.24) is 9.36 Å². The first kappa shape index (κ1) is 10.8. The Morgan fingerprint density at radius 2 is 2.40 bits per heavy atom. The molecule has 0 spiro atoms. The molecular formula is C10H18N4S. The van der Waals surface area contributed by atoms with Gasteiger partial charge in [-0.2, -0.15) is 4.37 Å². The summed E-state index contributed by atoms with van der Waals surface area (Å²) in [5, 5.41) is 4.17. The van der Waals surface area contributed by atoms with Crippen molar-refractivity contribution < 1.29 is 0 Å². The number of nitrogens with two attached hydrogens (primary N) is 1. The topological polar surface area (TPSA) is 63.8 Å². The monoisotopic (exact) mass is 226 g/mol. The number of nitrogens with zero attached hydrogens (tertiary/aromatic N) is 2. The highest BCUT2D eigenvalue weighted by Crippen LogP contribution is 2.39. The van der Waals surface area contributed by atoms with Gasteiger partial charge >= 0.3 is 0 Å². The van der Waals surface area contributed by atoms with Gasteiger partial charge in [0.15, 0.2) is 0 Å². The quantitative estimate of drug-likeness (QED) is 0.778. The van der Waals surface area contributed by atoms with Crippen molar-refractivity contribution in [3.63, 3.8) is 0 Å². The third-order valence-corrected chi connectivity index (χ3v) is 3.25. The maximum Gasteiger partial charge on any atom is 0.202 e. The van der Waals surface area contributed by atoms with Gasteiger partial charge in [0.1, 0.15) is 5.82 Å². The summed E-state index contributed by atoms with van der Waals surface area (Å²) in [5.74, 6) is 1.66. The average molecular weight is 226 g/mol. The van der Waals surface area contributed by atoms with Gasteiger partial charge in [-0.3, -0.25) is 0 Å². The van der Waals surface area contributed by atoms with Crippen molar-refractivity contribution in [2.75, 3.05) is 11.9 Å². The molecule has 2 rings (SSSR count). The van der Waals surface area contributed by atoms with Crippen LogP contribution in [0, 0.1) is 0 Å². The molecule has 15 heavy (non-hydrogen) atoms. The van der Waals surface area contributed by atoms with Crippen LogP contribution in [-0.4, -0.2) is 21.9 Å². The summed E-state index contributed by atoms with van der Waals surface area (Å²) in [4.78, 5) is 4.45. The lowest BCUT2D eigenvalue weighted by Gasteiger charge is -2.09. The van der Waals surface area contributed by atoms with Gasteiger partial charge in [0.2, 0.25) is 5.13 Å². The maximum absolute atomic E-state index is 5.90. The fraction of sp³-hybridized carbons (Fsp3) is 0.800. The van der Waals surface area contributed by atoms with Crippen LogP contribution in [0.15, 0.2) is 0 Å². The van der Waals surface area contributed by atoms with Crippen LogP contribution in [-0.2, 0) is 0 Å². The van der Waals surface area contributed by atoms with Crippen molar-refractivity contribution in [2.24, 2.45) is 5.73 Å². The zero-order chi connectivity index (χ0) is 10.7. The molecule has 0 amide bonds. The van der Waals surface area contributed by atoms with Crippen molar-refractivity contribution >= 4 is 16.7 Å². The number of rotatable bonds is 6. The molecule has 1 aliphatic rings. The molecular weight excluding hydrogens is 208 g/mol. The average Bonchev–Trinajstić information content (AvgIpc) is 2.96. The second-order valence-electron chi connectivity index (χ2n) is 4.16. The zero-order valence-electron chi connectivity index (χ0n) is 9.07. The van der Waals surface area contributed by atoms with E-state index in [1.165, 1.54) is 24.4 Å². The van der Waals surface area contributed by atoms with Crippen molar-refractivity contribution in [3.05, 3.63) is 5.82 Å². The van der Waals surface area contributed by atoms with E-state index in [1.54, 1.807) is 0 Å². The Balaban J connectivity index is 1.77. The van der Waals surface area contributed by atoms with Gasteiger partial charge in [-0.15, -0.1) is 0 Å². The van der Waals surface area contributed by atoms with Crippen molar-refractivity contribution in [1.29, 1.82) is 0 Å². The molecule has 0 saturated heterocycles. The molecule has 0 aliphatic heterocycles. The third-order valence-electron chi connectivity index (χ3n) is 2.56. The van der Waals surface area contributed by atoms with Gasteiger partial charge in [0, 0.05) is 30.0 Å². The number of hydrogen-bond acceptors (Lipinski definition) is 5. The van der Waals surface area contributed by atoms with Crippen molar-refractivity contribution in [3.8, 4) is 0 Å². The molecule has 3 N–H and O–H groups in total. The predicted octanol–water partition coefficient (Wildman–Crippen LogP) is 1.95. The molecule has 84 valence electrons. The summed E-state index contributed by atoms with van der Waals surface area (Å²) in [5.41, 5.74) is 5.90. The van der Waals surface area contributed by atoms with E-state index in [9.17, 15) is 0 Å². The summed E-state index contributed by atoms with van der Waals surface area (Å²) < 4.78 is 4.33. The van der Waals surface area contributed by atoms with Crippen LogP contribution >= 0.6 is 11.5 Å². The van der Waals surface area contributed by atoms with Crippen LogP contribution in [0.4, 0.5) is 5.13 Å². The first-order valence-corrected chi connectivity index (χ1v) is 6.40. The van der Waals surface area contributed by atoms with Crippen molar-refractivity contribution in [2.45, 2.75) is 44.6 Å². The highest BCUT2D eigenvalue weighted by Gasteiger charge is 2.27. The van der Waals surface area contributed by atoms with E-state index >= 15 is 0 Å². The summed E-state index contributed by atoms with van der Waals surface area (Å²) in [6, 6.07) is 0.225. The van der Waals surface area contributed by atoms with Gasteiger partial charge in [-0.05, 0) is 19.3 Å². The molecule has 1 aromatic heterocycles. The summed E-state index contributed by atoms with van der Waals surface area (Å²) in [6.07, 6.45) is 4.70. The predicted molar refractivity (Wildman–Crippen MR) is 63.3 cm³/mol. The number of hydrogen-bond donors (Lipinski definition) is 2. The molecule has 5 heteroatoms. The van der Waals surface area contributed by atoms with Gasteiger partial charge < -0.3 is 11.1 Å². The van der Waals surface area contributed by atoms with Crippen LogP contribution in [0.1, 0.15) is 44.3 Å². The second kappa shape index (κ2) is 4.90. The smallest absolute Gasteiger partial charge is 0.202 e. The second-order valence-corrected chi connectivity index (χ2v) is 4.91. The van der Waals surface area contributed by atoms with E-state index in [-0.39, 0.29) is 6.04 Å². The van der Waals surface area contributed by atoms with Gasteiger partial charge in [0.25, 0.3) is 0 Å². The molecule has 1 fully saturated rings. The van der Waals surface area contributed by atoms with E-state index in [0.29, 0.717) is 5.92 Å². The van der Waals surface area contributed by atoms with Gasteiger partial charge in [-0.25, -0.2) is 4.98 Å². The minimum absolute atomic E-state index is 0.225. The summed E-state index contributed by atoms with van der Waals surface area (Å²) in [7, 11) is 0. The molecule has 4 nitrogen and oxygen atoms in total. The largest absolute Gasteiger partial charge is 0.359 e. The SMILES string of the molecule is CCCC(N)CNc1nc(C2CC2)ns1. The lowest BCUT2D eigenvalue weighted by Crippen LogP contribution is -2.28. The van der Waals surface area contributed by atoms with Crippen LogP contribution in [0.25, 0.3) is 0 Å². The van der Waals surface area contributed by atoms with Crippen LogP contribution in [0.2, 0.25) is 0 Å². The van der Waals surface area contributed by atoms with E-state index in [1.807, 2.05) is 0 Å². The molecule has 1 saturated carbocycles. The van der Waals surface area contributed by atoms with Crippen LogP contribution in [0.3, 0.4) is 0 Å². The Morgan fingerprint density at radius 1 is 1.60 bits per heavy atom. The van der Waals surface area contributed by atoms with Crippen LogP contribution < -0.4 is 11.1 Å². The molecule has 0 radical (unpaired) electrons. The minimum atomic E-state index is 0.225. The molecule has 0 bridgehead atoms. The standard InChI is InChI=1S/C10H18N4S/c1-2-3-8(11)6-12-10-13-9(14-15-10)7-4-5-7/h7-8H,2-6,11H2,1H3,(H,12,13,14). The lowest BCUT2D eigenvalue weighted by molar-refractivity contribution is 0.626. The highest BCUT2D eigenvalue weighted by molar-refractivity contribution is 7.09. The van der Waals surface area contributed by atoms with Gasteiger partial charge in [-0.1, -0.05) is 13.3 Å².